The van der Waals surface area contributed by atoms with E-state index in [1.54, 1.807) is 29.2 Å². The quantitative estimate of drug-likeness (QED) is 0.309. The molecule has 0 aliphatic rings. The molecule has 0 fully saturated rings. The molecule has 0 saturated heterocycles. The monoisotopic (exact) mass is 446 g/mol. The van der Waals surface area contributed by atoms with Crippen molar-refractivity contribution < 1.29 is 0 Å². The molecule has 0 aliphatic heterocycles. The Balaban J connectivity index is 1.53. The molecule has 0 bridgehead atoms. The number of thioether (sulfide) groups is 1. The van der Waals surface area contributed by atoms with Crippen LogP contribution in [0.2, 0.25) is 10.0 Å². The predicted octanol–water partition coefficient (Wildman–Crippen LogP) is 6.69. The molecule has 4 nitrogen and oxygen atoms in total. The van der Waals surface area contributed by atoms with Gasteiger partial charge in [0.15, 0.2) is 11.0 Å². The summed E-state index contributed by atoms with van der Waals surface area (Å²) in [5.41, 5.74) is 3.00. The van der Waals surface area contributed by atoms with E-state index in [9.17, 15) is 0 Å². The Kier molecular flexibility index (Phi) is 6.01. The lowest BCUT2D eigenvalue weighted by Gasteiger charge is -2.08. The van der Waals surface area contributed by atoms with Crippen LogP contribution in [0.3, 0.4) is 0 Å². The van der Waals surface area contributed by atoms with Gasteiger partial charge in [-0.1, -0.05) is 65.3 Å². The molecule has 2 aromatic carbocycles. The van der Waals surface area contributed by atoms with Crippen LogP contribution >= 0.6 is 46.3 Å². The number of halogens is 2. The van der Waals surface area contributed by atoms with Crippen molar-refractivity contribution >= 4 is 46.3 Å². The number of benzene rings is 2. The van der Waals surface area contributed by atoms with E-state index in [2.05, 4.69) is 39.2 Å². The summed E-state index contributed by atoms with van der Waals surface area (Å²) in [5.74, 6) is 1.48. The SMILES string of the molecule is CCn1c(SCc2csc(-c3ccccc3)n2)nnc1-c1ccc(Cl)cc1Cl. The van der Waals surface area contributed by atoms with Crippen LogP contribution in [-0.2, 0) is 12.3 Å². The van der Waals surface area contributed by atoms with Gasteiger partial charge < -0.3 is 4.57 Å². The number of nitrogens with zero attached hydrogens (tertiary/aromatic N) is 4. The van der Waals surface area contributed by atoms with Crippen molar-refractivity contribution in [3.05, 3.63) is 69.7 Å². The predicted molar refractivity (Wildman–Crippen MR) is 118 cm³/mol. The number of aromatic nitrogens is 4. The Morgan fingerprint density at radius 2 is 1.89 bits per heavy atom. The topological polar surface area (TPSA) is 43.6 Å². The lowest BCUT2D eigenvalue weighted by atomic mass is 10.2. The van der Waals surface area contributed by atoms with Crippen LogP contribution in [0.5, 0.6) is 0 Å². The summed E-state index contributed by atoms with van der Waals surface area (Å²) in [6.07, 6.45) is 0. The molecule has 142 valence electrons. The fraction of sp³-hybridized carbons (Fsp3) is 0.150. The molecule has 0 N–H and O–H groups in total. The summed E-state index contributed by atoms with van der Waals surface area (Å²) in [6.45, 7) is 2.81. The van der Waals surface area contributed by atoms with Gasteiger partial charge >= 0.3 is 0 Å². The minimum Gasteiger partial charge on any atom is -0.302 e. The molecule has 0 saturated carbocycles. The van der Waals surface area contributed by atoms with E-state index < -0.39 is 0 Å². The van der Waals surface area contributed by atoms with Gasteiger partial charge in [-0.25, -0.2) is 4.98 Å². The molecule has 2 heterocycles. The van der Waals surface area contributed by atoms with Crippen LogP contribution in [0.15, 0.2) is 59.1 Å². The van der Waals surface area contributed by atoms with E-state index >= 15 is 0 Å². The van der Waals surface area contributed by atoms with Crippen LogP contribution in [0, 0.1) is 0 Å². The molecule has 4 aromatic rings. The molecule has 0 radical (unpaired) electrons. The van der Waals surface area contributed by atoms with Crippen LogP contribution in [0.1, 0.15) is 12.6 Å². The maximum atomic E-state index is 6.36. The maximum absolute atomic E-state index is 6.36. The summed E-state index contributed by atoms with van der Waals surface area (Å²) in [7, 11) is 0. The van der Waals surface area contributed by atoms with Crippen molar-refractivity contribution in [3.63, 3.8) is 0 Å². The average molecular weight is 447 g/mol. The molecule has 0 aliphatic carbocycles. The van der Waals surface area contributed by atoms with Gasteiger partial charge in [-0.05, 0) is 25.1 Å². The summed E-state index contributed by atoms with van der Waals surface area (Å²) in [4.78, 5) is 4.74. The average Bonchev–Trinajstić information content (AvgIpc) is 3.34. The van der Waals surface area contributed by atoms with E-state index in [1.807, 2.05) is 30.3 Å². The first-order chi connectivity index (χ1) is 13.7. The lowest BCUT2D eigenvalue weighted by Crippen LogP contribution is -2.00. The second kappa shape index (κ2) is 8.66. The van der Waals surface area contributed by atoms with E-state index in [0.717, 1.165) is 45.1 Å². The van der Waals surface area contributed by atoms with E-state index in [-0.39, 0.29) is 0 Å². The number of hydrogen-bond acceptors (Lipinski definition) is 5. The van der Waals surface area contributed by atoms with Gasteiger partial charge in [-0.15, -0.1) is 21.5 Å². The van der Waals surface area contributed by atoms with Crippen molar-refractivity contribution in [2.24, 2.45) is 0 Å². The zero-order valence-electron chi connectivity index (χ0n) is 15.0. The van der Waals surface area contributed by atoms with Crippen LogP contribution < -0.4 is 0 Å². The van der Waals surface area contributed by atoms with Crippen LogP contribution in [0.4, 0.5) is 0 Å². The van der Waals surface area contributed by atoms with Crippen molar-refractivity contribution in [1.29, 1.82) is 0 Å². The Bertz CT molecular complexity index is 1090. The van der Waals surface area contributed by atoms with E-state index in [1.165, 1.54) is 0 Å². The third kappa shape index (κ3) is 4.10. The zero-order valence-corrected chi connectivity index (χ0v) is 18.1. The minimum absolute atomic E-state index is 0.568. The normalized spacial score (nSPS) is 11.1. The third-order valence-corrected chi connectivity index (χ3v) is 6.62. The molecule has 0 spiro atoms. The van der Waals surface area contributed by atoms with Gasteiger partial charge in [0, 0.05) is 33.8 Å². The second-order valence-electron chi connectivity index (χ2n) is 5.97. The van der Waals surface area contributed by atoms with Gasteiger partial charge in [0.1, 0.15) is 5.01 Å². The molecule has 2 aromatic heterocycles. The summed E-state index contributed by atoms with van der Waals surface area (Å²) >= 11 is 15.6. The molecule has 28 heavy (non-hydrogen) atoms. The first kappa shape index (κ1) is 19.5. The standard InChI is InChI=1S/C20H16Cl2N4S2/c1-2-26-18(16-9-8-14(21)10-17(16)22)24-25-20(26)28-12-15-11-27-19(23-15)13-6-4-3-5-7-13/h3-11H,2,12H2,1H3. The Morgan fingerprint density at radius 3 is 2.64 bits per heavy atom. The van der Waals surface area contributed by atoms with E-state index in [0.29, 0.717) is 10.0 Å². The fourth-order valence-electron chi connectivity index (χ4n) is 2.78. The van der Waals surface area contributed by atoms with Gasteiger partial charge in [-0.2, -0.15) is 0 Å². The lowest BCUT2D eigenvalue weighted by molar-refractivity contribution is 0.687. The maximum Gasteiger partial charge on any atom is 0.191 e. The Hall–Kier alpha value is -1.86. The van der Waals surface area contributed by atoms with Gasteiger partial charge in [0.05, 0.1) is 10.7 Å². The number of hydrogen-bond donors (Lipinski definition) is 0. The van der Waals surface area contributed by atoms with Crippen molar-refractivity contribution in [2.75, 3.05) is 0 Å². The third-order valence-electron chi connectivity index (χ3n) is 4.13. The molecular formula is C20H16Cl2N4S2. The van der Waals surface area contributed by atoms with Crippen molar-refractivity contribution in [2.45, 2.75) is 24.4 Å². The van der Waals surface area contributed by atoms with Gasteiger partial charge in [-0.3, -0.25) is 0 Å². The van der Waals surface area contributed by atoms with Crippen molar-refractivity contribution in [1.82, 2.24) is 19.7 Å². The minimum atomic E-state index is 0.568. The Morgan fingerprint density at radius 1 is 1.07 bits per heavy atom. The highest BCUT2D eigenvalue weighted by Crippen LogP contribution is 2.32. The summed E-state index contributed by atoms with van der Waals surface area (Å²) < 4.78 is 2.06. The molecular weight excluding hydrogens is 431 g/mol. The van der Waals surface area contributed by atoms with Gasteiger partial charge in [0.2, 0.25) is 0 Å². The number of thiazole rings is 1. The summed E-state index contributed by atoms with van der Waals surface area (Å²) in [5, 5.41) is 13.9. The first-order valence-corrected chi connectivity index (χ1v) is 11.3. The first-order valence-electron chi connectivity index (χ1n) is 8.67. The highest BCUT2D eigenvalue weighted by atomic mass is 35.5. The van der Waals surface area contributed by atoms with Gasteiger partial charge in [0.25, 0.3) is 0 Å². The number of rotatable bonds is 6. The highest BCUT2D eigenvalue weighted by Gasteiger charge is 2.16. The molecule has 0 unspecified atom stereocenters. The zero-order chi connectivity index (χ0) is 19.5. The fourth-order valence-corrected chi connectivity index (χ4v) is 5.09. The van der Waals surface area contributed by atoms with Crippen molar-refractivity contribution in [3.8, 4) is 22.0 Å². The molecule has 8 heteroatoms. The second-order valence-corrected chi connectivity index (χ2v) is 8.62. The summed E-state index contributed by atoms with van der Waals surface area (Å²) in [6, 6.07) is 15.6. The van der Waals surface area contributed by atoms with Crippen LogP contribution in [0.25, 0.3) is 22.0 Å². The Labute approximate surface area is 181 Å². The highest BCUT2D eigenvalue weighted by molar-refractivity contribution is 7.98. The molecule has 0 amide bonds. The smallest absolute Gasteiger partial charge is 0.191 e. The largest absolute Gasteiger partial charge is 0.302 e. The molecule has 0 atom stereocenters. The molecule has 4 rings (SSSR count). The van der Waals surface area contributed by atoms with Crippen LogP contribution in [-0.4, -0.2) is 19.7 Å². The van der Waals surface area contributed by atoms with E-state index in [4.69, 9.17) is 28.2 Å².